The molecule has 0 bridgehead atoms. The molecule has 1 N–H and O–H groups in total. The average molecular weight is 240 g/mol. The molecule has 0 aliphatic heterocycles. The fourth-order valence-electron chi connectivity index (χ4n) is 1.53. The van der Waals surface area contributed by atoms with Gasteiger partial charge in [0.05, 0.1) is 0 Å². The maximum absolute atomic E-state index is 3.46. The molecule has 0 heterocycles. The highest BCUT2D eigenvalue weighted by molar-refractivity contribution is 9.10. The largest absolute Gasteiger partial charge is 0.385 e. The molecule has 1 aromatic carbocycles. The van der Waals surface area contributed by atoms with Crippen LogP contribution in [0.4, 0.5) is 5.69 Å². The Bertz CT molecular complexity index is 298. The second-order valence-corrected chi connectivity index (χ2v) is 4.78. The van der Waals surface area contributed by atoms with Crippen molar-refractivity contribution in [2.45, 2.75) is 13.3 Å². The summed E-state index contributed by atoms with van der Waals surface area (Å²) in [6.45, 7) is 3.44. The van der Waals surface area contributed by atoms with Gasteiger partial charge in [0, 0.05) is 16.7 Å². The Kier molecular flexibility index (Phi) is 2.58. The van der Waals surface area contributed by atoms with Crippen molar-refractivity contribution in [2.24, 2.45) is 11.8 Å². The van der Waals surface area contributed by atoms with E-state index in [0.29, 0.717) is 0 Å². The summed E-state index contributed by atoms with van der Waals surface area (Å²) < 4.78 is 1.14. The molecule has 0 aromatic heterocycles. The van der Waals surface area contributed by atoms with Crippen molar-refractivity contribution >= 4 is 21.6 Å². The number of rotatable bonds is 3. The number of benzene rings is 1. The van der Waals surface area contributed by atoms with E-state index in [1.165, 1.54) is 12.1 Å². The van der Waals surface area contributed by atoms with Crippen LogP contribution in [0, 0.1) is 11.8 Å². The second-order valence-electron chi connectivity index (χ2n) is 3.86. The molecule has 1 nitrogen and oxygen atoms in total. The van der Waals surface area contributed by atoms with Gasteiger partial charge in [-0.1, -0.05) is 28.9 Å². The average Bonchev–Trinajstić information content (AvgIpc) is 2.79. The monoisotopic (exact) mass is 239 g/mol. The van der Waals surface area contributed by atoms with Crippen LogP contribution >= 0.6 is 15.9 Å². The lowest BCUT2D eigenvalue weighted by molar-refractivity contribution is 0.787. The summed E-state index contributed by atoms with van der Waals surface area (Å²) in [7, 11) is 0. The van der Waals surface area contributed by atoms with Gasteiger partial charge in [0.25, 0.3) is 0 Å². The van der Waals surface area contributed by atoms with Crippen molar-refractivity contribution in [3.05, 3.63) is 28.7 Å². The van der Waals surface area contributed by atoms with Crippen molar-refractivity contribution in [1.29, 1.82) is 0 Å². The minimum absolute atomic E-state index is 0.902. The molecule has 1 aromatic rings. The molecule has 70 valence electrons. The molecule has 1 aliphatic carbocycles. The fourth-order valence-corrected chi connectivity index (χ4v) is 1.93. The standard InChI is InChI=1S/C11H14BrN/c1-8-5-9(8)7-13-11-4-2-3-10(12)6-11/h2-4,6,8-9,13H,5,7H2,1H3. The van der Waals surface area contributed by atoms with Crippen LogP contribution in [-0.4, -0.2) is 6.54 Å². The zero-order valence-electron chi connectivity index (χ0n) is 7.76. The lowest BCUT2D eigenvalue weighted by Crippen LogP contribution is -2.03. The van der Waals surface area contributed by atoms with E-state index in [1.54, 1.807) is 0 Å². The Balaban J connectivity index is 1.87. The third-order valence-electron chi connectivity index (χ3n) is 2.67. The first-order valence-electron chi connectivity index (χ1n) is 4.75. The Morgan fingerprint density at radius 2 is 2.31 bits per heavy atom. The highest BCUT2D eigenvalue weighted by Gasteiger charge is 2.31. The van der Waals surface area contributed by atoms with Crippen molar-refractivity contribution in [3.63, 3.8) is 0 Å². The van der Waals surface area contributed by atoms with Gasteiger partial charge in [0.2, 0.25) is 0 Å². The molecule has 0 radical (unpaired) electrons. The zero-order chi connectivity index (χ0) is 9.26. The van der Waals surface area contributed by atoms with Crippen molar-refractivity contribution in [1.82, 2.24) is 0 Å². The van der Waals surface area contributed by atoms with Crippen molar-refractivity contribution in [2.75, 3.05) is 11.9 Å². The molecule has 1 fully saturated rings. The zero-order valence-corrected chi connectivity index (χ0v) is 9.34. The number of hydrogen-bond acceptors (Lipinski definition) is 1. The lowest BCUT2D eigenvalue weighted by atomic mass is 10.3. The molecule has 1 saturated carbocycles. The van der Waals surface area contributed by atoms with Gasteiger partial charge < -0.3 is 5.32 Å². The molecule has 0 saturated heterocycles. The number of nitrogens with one attached hydrogen (secondary N) is 1. The van der Waals surface area contributed by atoms with Gasteiger partial charge in [-0.05, 0) is 36.5 Å². The normalized spacial score (nSPS) is 25.7. The van der Waals surface area contributed by atoms with Crippen LogP contribution in [0.3, 0.4) is 0 Å². The Labute approximate surface area is 87.7 Å². The SMILES string of the molecule is CC1CC1CNc1cccc(Br)c1. The second kappa shape index (κ2) is 3.70. The Morgan fingerprint density at radius 1 is 1.54 bits per heavy atom. The first-order chi connectivity index (χ1) is 6.25. The molecular weight excluding hydrogens is 226 g/mol. The van der Waals surface area contributed by atoms with Crippen LogP contribution in [0.2, 0.25) is 0 Å². The van der Waals surface area contributed by atoms with Crippen LogP contribution in [0.5, 0.6) is 0 Å². The van der Waals surface area contributed by atoms with Gasteiger partial charge in [-0.25, -0.2) is 0 Å². The third kappa shape index (κ3) is 2.47. The van der Waals surface area contributed by atoms with Crippen LogP contribution in [0.1, 0.15) is 13.3 Å². The van der Waals surface area contributed by atoms with E-state index in [2.05, 4.69) is 46.4 Å². The molecule has 2 heteroatoms. The molecule has 0 amide bonds. The Hall–Kier alpha value is -0.500. The quantitative estimate of drug-likeness (QED) is 0.852. The Morgan fingerprint density at radius 3 is 2.92 bits per heavy atom. The highest BCUT2D eigenvalue weighted by Crippen LogP contribution is 2.37. The van der Waals surface area contributed by atoms with Crippen molar-refractivity contribution < 1.29 is 0 Å². The van der Waals surface area contributed by atoms with E-state index in [1.807, 2.05) is 6.07 Å². The molecule has 13 heavy (non-hydrogen) atoms. The predicted molar refractivity (Wildman–Crippen MR) is 59.9 cm³/mol. The van der Waals surface area contributed by atoms with E-state index in [4.69, 9.17) is 0 Å². The van der Waals surface area contributed by atoms with E-state index >= 15 is 0 Å². The minimum Gasteiger partial charge on any atom is -0.385 e. The molecule has 2 unspecified atom stereocenters. The van der Waals surface area contributed by atoms with Gasteiger partial charge in [0.1, 0.15) is 0 Å². The molecule has 2 atom stereocenters. The summed E-state index contributed by atoms with van der Waals surface area (Å²) in [5.41, 5.74) is 1.22. The van der Waals surface area contributed by atoms with Gasteiger partial charge in [-0.3, -0.25) is 0 Å². The number of halogens is 1. The van der Waals surface area contributed by atoms with Gasteiger partial charge in [-0.2, -0.15) is 0 Å². The predicted octanol–water partition coefficient (Wildman–Crippen LogP) is 3.52. The molecular formula is C11H14BrN. The van der Waals surface area contributed by atoms with E-state index in [9.17, 15) is 0 Å². The fraction of sp³-hybridized carbons (Fsp3) is 0.455. The van der Waals surface area contributed by atoms with Gasteiger partial charge in [0.15, 0.2) is 0 Å². The first kappa shape index (κ1) is 9.07. The summed E-state index contributed by atoms with van der Waals surface area (Å²) >= 11 is 3.46. The summed E-state index contributed by atoms with van der Waals surface area (Å²) in [6, 6.07) is 8.33. The topological polar surface area (TPSA) is 12.0 Å². The van der Waals surface area contributed by atoms with E-state index in [-0.39, 0.29) is 0 Å². The van der Waals surface area contributed by atoms with Crippen LogP contribution in [0.25, 0.3) is 0 Å². The maximum Gasteiger partial charge on any atom is 0.0351 e. The van der Waals surface area contributed by atoms with E-state index < -0.39 is 0 Å². The highest BCUT2D eigenvalue weighted by atomic mass is 79.9. The smallest absolute Gasteiger partial charge is 0.0351 e. The molecule has 0 spiro atoms. The number of anilines is 1. The van der Waals surface area contributed by atoms with Crippen LogP contribution < -0.4 is 5.32 Å². The van der Waals surface area contributed by atoms with Gasteiger partial charge in [-0.15, -0.1) is 0 Å². The van der Waals surface area contributed by atoms with Gasteiger partial charge >= 0.3 is 0 Å². The first-order valence-corrected chi connectivity index (χ1v) is 5.54. The lowest BCUT2D eigenvalue weighted by Gasteiger charge is -2.05. The van der Waals surface area contributed by atoms with Crippen molar-refractivity contribution in [3.8, 4) is 0 Å². The maximum atomic E-state index is 3.46. The third-order valence-corrected chi connectivity index (χ3v) is 3.16. The number of hydrogen-bond donors (Lipinski definition) is 1. The van der Waals surface area contributed by atoms with Crippen LogP contribution in [-0.2, 0) is 0 Å². The molecule has 2 rings (SSSR count). The summed E-state index contributed by atoms with van der Waals surface area (Å²) in [6.07, 6.45) is 1.39. The van der Waals surface area contributed by atoms with Crippen LogP contribution in [0.15, 0.2) is 28.7 Å². The van der Waals surface area contributed by atoms with E-state index in [0.717, 1.165) is 22.9 Å². The summed E-state index contributed by atoms with van der Waals surface area (Å²) in [5, 5.41) is 3.45. The minimum atomic E-state index is 0.902. The summed E-state index contributed by atoms with van der Waals surface area (Å²) in [4.78, 5) is 0. The molecule has 1 aliphatic rings. The summed E-state index contributed by atoms with van der Waals surface area (Å²) in [5.74, 6) is 1.83.